The Kier molecular flexibility index (Phi) is 8.90. The van der Waals surface area contributed by atoms with Crippen molar-refractivity contribution in [2.24, 2.45) is 0 Å². The summed E-state index contributed by atoms with van der Waals surface area (Å²) in [5.74, 6) is 0.179. The highest BCUT2D eigenvalue weighted by Crippen LogP contribution is 2.14. The van der Waals surface area contributed by atoms with Gasteiger partial charge in [-0.3, -0.25) is 20.4 Å². The second-order valence-corrected chi connectivity index (χ2v) is 6.47. The average molecular weight is 368 g/mol. The van der Waals surface area contributed by atoms with Crippen LogP contribution in [0, 0.1) is 0 Å². The van der Waals surface area contributed by atoms with Gasteiger partial charge in [0, 0.05) is 12.0 Å². The molecule has 0 heterocycles. The van der Waals surface area contributed by atoms with Gasteiger partial charge < -0.3 is 4.74 Å². The first-order valence-corrected chi connectivity index (χ1v) is 9.55. The van der Waals surface area contributed by atoms with Crippen molar-refractivity contribution in [3.05, 3.63) is 65.7 Å². The largest absolute Gasteiger partial charge is 0.489 e. The molecule has 5 heteroatoms. The highest BCUT2D eigenvalue weighted by molar-refractivity contribution is 5.95. The number of hydrogen-bond acceptors (Lipinski definition) is 3. The average Bonchev–Trinajstić information content (AvgIpc) is 2.71. The standard InChI is InChI=1S/C22H28N2O3/c1-2-3-4-5-9-12-21(25)23-24-22(26)19-13-15-20(16-14-19)27-17-18-10-7-6-8-11-18/h6-8,10-11,13-16H,2-5,9,12,17H2,1H3,(H,23,25)(H,24,26). The molecule has 2 rings (SSSR count). The topological polar surface area (TPSA) is 67.4 Å². The first-order chi connectivity index (χ1) is 13.2. The monoisotopic (exact) mass is 368 g/mol. The molecule has 0 aromatic heterocycles. The van der Waals surface area contributed by atoms with E-state index in [2.05, 4.69) is 17.8 Å². The van der Waals surface area contributed by atoms with Crippen molar-refractivity contribution in [1.29, 1.82) is 0 Å². The van der Waals surface area contributed by atoms with Crippen molar-refractivity contribution in [2.45, 2.75) is 52.1 Å². The molecule has 2 N–H and O–H groups in total. The number of carbonyl (C=O) groups is 2. The van der Waals surface area contributed by atoms with Crippen LogP contribution in [0.1, 0.15) is 61.4 Å². The molecule has 0 saturated carbocycles. The maximum Gasteiger partial charge on any atom is 0.269 e. The molecule has 0 aliphatic heterocycles. The molecule has 2 aromatic carbocycles. The van der Waals surface area contributed by atoms with Crippen LogP contribution < -0.4 is 15.6 Å². The van der Waals surface area contributed by atoms with Gasteiger partial charge in [-0.15, -0.1) is 0 Å². The molecular weight excluding hydrogens is 340 g/mol. The summed E-state index contributed by atoms with van der Waals surface area (Å²) in [5.41, 5.74) is 6.46. The van der Waals surface area contributed by atoms with Crippen molar-refractivity contribution in [3.8, 4) is 5.75 Å². The Morgan fingerprint density at radius 2 is 1.56 bits per heavy atom. The van der Waals surface area contributed by atoms with Gasteiger partial charge >= 0.3 is 0 Å². The Hall–Kier alpha value is -2.82. The second kappa shape index (κ2) is 11.7. The third kappa shape index (κ3) is 7.94. The minimum atomic E-state index is -0.344. The molecule has 2 amide bonds. The van der Waals surface area contributed by atoms with E-state index >= 15 is 0 Å². The van der Waals surface area contributed by atoms with E-state index in [-0.39, 0.29) is 11.8 Å². The van der Waals surface area contributed by atoms with Gasteiger partial charge in [-0.25, -0.2) is 0 Å². The van der Waals surface area contributed by atoms with Crippen LogP contribution in [-0.2, 0) is 11.4 Å². The van der Waals surface area contributed by atoms with Crippen LogP contribution in [-0.4, -0.2) is 11.8 Å². The summed E-state index contributed by atoms with van der Waals surface area (Å²) in [7, 11) is 0. The first kappa shape index (κ1) is 20.5. The number of benzene rings is 2. The van der Waals surface area contributed by atoms with Crippen molar-refractivity contribution in [3.63, 3.8) is 0 Å². The van der Waals surface area contributed by atoms with E-state index in [4.69, 9.17) is 4.74 Å². The molecule has 0 spiro atoms. The number of hydrogen-bond donors (Lipinski definition) is 2. The van der Waals surface area contributed by atoms with E-state index in [1.165, 1.54) is 12.8 Å². The number of hydrazine groups is 1. The summed E-state index contributed by atoms with van der Waals surface area (Å²) in [5, 5.41) is 0. The molecule has 5 nitrogen and oxygen atoms in total. The Balaban J connectivity index is 1.69. The third-order valence-corrected chi connectivity index (χ3v) is 4.19. The van der Waals surface area contributed by atoms with Crippen LogP contribution in [0.15, 0.2) is 54.6 Å². The number of nitrogens with one attached hydrogen (secondary N) is 2. The van der Waals surface area contributed by atoms with Gasteiger partial charge in [0.15, 0.2) is 0 Å². The number of ether oxygens (including phenoxy) is 1. The van der Waals surface area contributed by atoms with Gasteiger partial charge in [-0.05, 0) is 36.2 Å². The fourth-order valence-corrected chi connectivity index (χ4v) is 2.59. The first-order valence-electron chi connectivity index (χ1n) is 9.55. The lowest BCUT2D eigenvalue weighted by Gasteiger charge is -2.09. The number of amides is 2. The lowest BCUT2D eigenvalue weighted by Crippen LogP contribution is -2.41. The molecular formula is C22H28N2O3. The van der Waals surface area contributed by atoms with Gasteiger partial charge in [-0.2, -0.15) is 0 Å². The molecule has 2 aromatic rings. The highest BCUT2D eigenvalue weighted by atomic mass is 16.5. The van der Waals surface area contributed by atoms with Gasteiger partial charge in [0.05, 0.1) is 0 Å². The van der Waals surface area contributed by atoms with Crippen molar-refractivity contribution < 1.29 is 14.3 Å². The fraction of sp³-hybridized carbons (Fsp3) is 0.364. The second-order valence-electron chi connectivity index (χ2n) is 6.47. The lowest BCUT2D eigenvalue weighted by molar-refractivity contribution is -0.122. The molecule has 0 aliphatic rings. The zero-order valence-electron chi connectivity index (χ0n) is 15.9. The van der Waals surface area contributed by atoms with E-state index in [1.54, 1.807) is 24.3 Å². The van der Waals surface area contributed by atoms with E-state index < -0.39 is 0 Å². The van der Waals surface area contributed by atoms with Gasteiger partial charge in [0.25, 0.3) is 5.91 Å². The minimum Gasteiger partial charge on any atom is -0.489 e. The van der Waals surface area contributed by atoms with E-state index in [9.17, 15) is 9.59 Å². The molecule has 0 fully saturated rings. The molecule has 27 heavy (non-hydrogen) atoms. The van der Waals surface area contributed by atoms with Crippen LogP contribution in [0.25, 0.3) is 0 Å². The summed E-state index contributed by atoms with van der Waals surface area (Å²) in [6.45, 7) is 2.63. The van der Waals surface area contributed by atoms with Crippen LogP contribution >= 0.6 is 0 Å². The van der Waals surface area contributed by atoms with Crippen LogP contribution in [0.5, 0.6) is 5.75 Å². The van der Waals surface area contributed by atoms with Crippen molar-refractivity contribution in [2.75, 3.05) is 0 Å². The van der Waals surface area contributed by atoms with Gasteiger partial charge in [0.2, 0.25) is 5.91 Å². The molecule has 0 aliphatic carbocycles. The molecule has 0 radical (unpaired) electrons. The Morgan fingerprint density at radius 1 is 0.852 bits per heavy atom. The maximum absolute atomic E-state index is 12.1. The Bertz CT molecular complexity index is 699. The molecule has 0 bridgehead atoms. The fourth-order valence-electron chi connectivity index (χ4n) is 2.59. The Labute approximate surface area is 161 Å². The molecule has 0 unspecified atom stereocenters. The van der Waals surface area contributed by atoms with Crippen molar-refractivity contribution >= 4 is 11.8 Å². The molecule has 144 valence electrons. The molecule has 0 saturated heterocycles. The zero-order valence-corrected chi connectivity index (χ0v) is 15.9. The van der Waals surface area contributed by atoms with E-state index in [0.29, 0.717) is 24.3 Å². The van der Waals surface area contributed by atoms with Crippen LogP contribution in [0.2, 0.25) is 0 Å². The van der Waals surface area contributed by atoms with Crippen LogP contribution in [0.3, 0.4) is 0 Å². The number of rotatable bonds is 10. The summed E-state index contributed by atoms with van der Waals surface area (Å²) < 4.78 is 5.70. The normalized spacial score (nSPS) is 10.3. The van der Waals surface area contributed by atoms with Crippen LogP contribution in [0.4, 0.5) is 0 Å². The summed E-state index contributed by atoms with van der Waals surface area (Å²) >= 11 is 0. The minimum absolute atomic E-state index is 0.164. The summed E-state index contributed by atoms with van der Waals surface area (Å²) in [6.07, 6.45) is 5.83. The van der Waals surface area contributed by atoms with Gasteiger partial charge in [-0.1, -0.05) is 62.9 Å². The third-order valence-electron chi connectivity index (χ3n) is 4.19. The number of unbranched alkanes of at least 4 members (excludes halogenated alkanes) is 4. The van der Waals surface area contributed by atoms with Gasteiger partial charge in [0.1, 0.15) is 12.4 Å². The predicted molar refractivity (Wildman–Crippen MR) is 106 cm³/mol. The summed E-state index contributed by atoms with van der Waals surface area (Å²) in [4.78, 5) is 23.8. The SMILES string of the molecule is CCCCCCCC(=O)NNC(=O)c1ccc(OCc2ccccc2)cc1. The predicted octanol–water partition coefficient (Wildman–Crippen LogP) is 4.39. The zero-order chi connectivity index (χ0) is 19.3. The van der Waals surface area contributed by atoms with E-state index in [1.807, 2.05) is 30.3 Å². The molecule has 0 atom stereocenters. The quantitative estimate of drug-likeness (QED) is 0.483. The maximum atomic E-state index is 12.1. The smallest absolute Gasteiger partial charge is 0.269 e. The van der Waals surface area contributed by atoms with E-state index in [0.717, 1.165) is 24.8 Å². The van der Waals surface area contributed by atoms with Crippen molar-refractivity contribution in [1.82, 2.24) is 10.9 Å². The Morgan fingerprint density at radius 3 is 2.26 bits per heavy atom. The summed E-state index contributed by atoms with van der Waals surface area (Å²) in [6, 6.07) is 16.7. The number of carbonyl (C=O) groups excluding carboxylic acids is 2. The lowest BCUT2D eigenvalue weighted by atomic mass is 10.1. The highest BCUT2D eigenvalue weighted by Gasteiger charge is 2.07.